The highest BCUT2D eigenvalue weighted by atomic mass is 35.5. The number of hydrogen-bond acceptors (Lipinski definition) is 3. The number of ether oxygens (including phenoxy) is 1. The van der Waals surface area contributed by atoms with Gasteiger partial charge in [0.2, 0.25) is 0 Å². The maximum absolute atomic E-state index is 12.3. The van der Waals surface area contributed by atoms with Crippen LogP contribution in [0.3, 0.4) is 0 Å². The van der Waals surface area contributed by atoms with Gasteiger partial charge in [-0.05, 0) is 41.8 Å². The van der Waals surface area contributed by atoms with Crippen molar-refractivity contribution in [2.45, 2.75) is 18.9 Å². The van der Waals surface area contributed by atoms with Crippen LogP contribution in [0.5, 0.6) is 0 Å². The molecular weight excluding hydrogens is 342 g/mol. The van der Waals surface area contributed by atoms with Crippen LogP contribution in [0.4, 0.5) is 0 Å². The molecule has 132 valence electrons. The third-order valence-electron chi connectivity index (χ3n) is 3.73. The van der Waals surface area contributed by atoms with E-state index < -0.39 is 5.97 Å². The van der Waals surface area contributed by atoms with Crippen molar-refractivity contribution in [1.29, 1.82) is 0 Å². The Bertz CT molecular complexity index is 713. The Labute approximate surface area is 151 Å². The molecule has 25 heavy (non-hydrogen) atoms. The fourth-order valence-corrected chi connectivity index (χ4v) is 2.55. The number of methoxy groups -OCH3 is 1. The number of carbonyl (C=O) groups is 2. The first-order valence-corrected chi connectivity index (χ1v) is 8.25. The van der Waals surface area contributed by atoms with Gasteiger partial charge >= 0.3 is 5.97 Å². The summed E-state index contributed by atoms with van der Waals surface area (Å²) in [5, 5.41) is 12.3. The molecule has 0 saturated carbocycles. The molecule has 1 unspecified atom stereocenters. The monoisotopic (exact) mass is 361 g/mol. The summed E-state index contributed by atoms with van der Waals surface area (Å²) in [7, 11) is 1.51. The van der Waals surface area contributed by atoms with E-state index >= 15 is 0 Å². The second-order valence-corrected chi connectivity index (χ2v) is 6.08. The van der Waals surface area contributed by atoms with Crippen LogP contribution < -0.4 is 5.32 Å². The molecule has 6 heteroatoms. The minimum Gasteiger partial charge on any atom is -0.481 e. The normalized spacial score (nSPS) is 11.8. The molecule has 0 saturated heterocycles. The lowest BCUT2D eigenvalue weighted by molar-refractivity contribution is -0.137. The van der Waals surface area contributed by atoms with Crippen LogP contribution in [0, 0.1) is 0 Å². The van der Waals surface area contributed by atoms with Gasteiger partial charge in [-0.25, -0.2) is 0 Å². The van der Waals surface area contributed by atoms with E-state index in [9.17, 15) is 9.59 Å². The Balaban J connectivity index is 2.03. The number of amides is 1. The van der Waals surface area contributed by atoms with Crippen molar-refractivity contribution in [2.75, 3.05) is 13.7 Å². The lowest BCUT2D eigenvalue weighted by Crippen LogP contribution is -2.38. The molecule has 1 atom stereocenters. The van der Waals surface area contributed by atoms with Crippen molar-refractivity contribution in [2.24, 2.45) is 0 Å². The first kappa shape index (κ1) is 19.0. The third-order valence-corrected chi connectivity index (χ3v) is 3.99. The molecule has 0 radical (unpaired) electrons. The van der Waals surface area contributed by atoms with E-state index in [1.54, 1.807) is 12.1 Å². The fourth-order valence-electron chi connectivity index (χ4n) is 2.42. The molecule has 2 N–H and O–H groups in total. The van der Waals surface area contributed by atoms with Crippen LogP contribution in [0.2, 0.25) is 5.02 Å². The Morgan fingerprint density at radius 2 is 1.64 bits per heavy atom. The van der Waals surface area contributed by atoms with Crippen LogP contribution in [-0.2, 0) is 9.53 Å². The maximum Gasteiger partial charge on any atom is 0.303 e. The molecule has 0 fully saturated rings. The number of aliphatic carboxylic acids is 1. The standard InChI is InChI=1S/C19H20ClNO4/c1-25-12-17(10-11-18(22)23)21-19(24)15-4-2-13(3-5-15)14-6-8-16(20)9-7-14/h2-9,17H,10-12H2,1H3,(H,21,24)(H,22,23). The molecular formula is C19H20ClNO4. The second-order valence-electron chi connectivity index (χ2n) is 5.64. The summed E-state index contributed by atoms with van der Waals surface area (Å²) in [6.07, 6.45) is 0.293. The lowest BCUT2D eigenvalue weighted by atomic mass is 10.0. The number of benzene rings is 2. The summed E-state index contributed by atoms with van der Waals surface area (Å²) in [6, 6.07) is 14.3. The molecule has 0 aromatic heterocycles. The molecule has 0 aliphatic carbocycles. The zero-order chi connectivity index (χ0) is 18.2. The Kier molecular flexibility index (Phi) is 6.98. The van der Waals surface area contributed by atoms with Gasteiger partial charge in [0.15, 0.2) is 0 Å². The van der Waals surface area contributed by atoms with Crippen LogP contribution in [0.15, 0.2) is 48.5 Å². The molecule has 2 rings (SSSR count). The minimum atomic E-state index is -0.900. The summed E-state index contributed by atoms with van der Waals surface area (Å²) in [5.41, 5.74) is 2.50. The Morgan fingerprint density at radius 1 is 1.08 bits per heavy atom. The summed E-state index contributed by atoms with van der Waals surface area (Å²) < 4.78 is 5.04. The van der Waals surface area contributed by atoms with Gasteiger partial charge in [-0.3, -0.25) is 9.59 Å². The van der Waals surface area contributed by atoms with E-state index in [0.717, 1.165) is 11.1 Å². The highest BCUT2D eigenvalue weighted by Gasteiger charge is 2.15. The molecule has 0 aliphatic rings. The summed E-state index contributed by atoms with van der Waals surface area (Å²) in [6.45, 7) is 0.266. The minimum absolute atomic E-state index is 0.0240. The average molecular weight is 362 g/mol. The van der Waals surface area contributed by atoms with Gasteiger partial charge in [-0.1, -0.05) is 35.9 Å². The van der Waals surface area contributed by atoms with Crippen molar-refractivity contribution in [3.05, 3.63) is 59.1 Å². The molecule has 0 bridgehead atoms. The molecule has 2 aromatic rings. The Morgan fingerprint density at radius 3 is 2.16 bits per heavy atom. The molecule has 0 aliphatic heterocycles. The number of carboxylic acid groups (broad SMARTS) is 1. The van der Waals surface area contributed by atoms with Gasteiger partial charge in [0.25, 0.3) is 5.91 Å². The lowest BCUT2D eigenvalue weighted by Gasteiger charge is -2.17. The SMILES string of the molecule is COCC(CCC(=O)O)NC(=O)c1ccc(-c2ccc(Cl)cc2)cc1. The second kappa shape index (κ2) is 9.20. The predicted octanol–water partition coefficient (Wildman–Crippen LogP) is 3.62. The largest absolute Gasteiger partial charge is 0.481 e. The van der Waals surface area contributed by atoms with Crippen LogP contribution in [0.25, 0.3) is 11.1 Å². The number of rotatable bonds is 8. The van der Waals surface area contributed by atoms with E-state index in [1.165, 1.54) is 7.11 Å². The van der Waals surface area contributed by atoms with Crippen molar-refractivity contribution in [1.82, 2.24) is 5.32 Å². The molecule has 0 spiro atoms. The van der Waals surface area contributed by atoms with Crippen LogP contribution in [0.1, 0.15) is 23.2 Å². The third kappa shape index (κ3) is 5.89. The van der Waals surface area contributed by atoms with E-state index in [0.29, 0.717) is 17.0 Å². The topological polar surface area (TPSA) is 75.6 Å². The quantitative estimate of drug-likeness (QED) is 0.753. The van der Waals surface area contributed by atoms with Crippen molar-refractivity contribution in [3.8, 4) is 11.1 Å². The van der Waals surface area contributed by atoms with Gasteiger partial charge in [-0.15, -0.1) is 0 Å². The highest BCUT2D eigenvalue weighted by molar-refractivity contribution is 6.30. The molecule has 1 amide bonds. The van der Waals surface area contributed by atoms with E-state index in [4.69, 9.17) is 21.4 Å². The van der Waals surface area contributed by atoms with E-state index in [-0.39, 0.29) is 25.0 Å². The number of carbonyl (C=O) groups excluding carboxylic acids is 1. The van der Waals surface area contributed by atoms with Crippen molar-refractivity contribution >= 4 is 23.5 Å². The molecule has 5 nitrogen and oxygen atoms in total. The molecule has 0 heterocycles. The predicted molar refractivity (Wildman–Crippen MR) is 96.9 cm³/mol. The first-order valence-electron chi connectivity index (χ1n) is 7.87. The number of halogens is 1. The van der Waals surface area contributed by atoms with Crippen LogP contribution in [-0.4, -0.2) is 36.7 Å². The summed E-state index contributed by atoms with van der Waals surface area (Å²) in [4.78, 5) is 23.0. The van der Waals surface area contributed by atoms with E-state index in [1.807, 2.05) is 36.4 Å². The fraction of sp³-hybridized carbons (Fsp3) is 0.263. The number of carboxylic acids is 1. The van der Waals surface area contributed by atoms with Gasteiger partial charge in [0, 0.05) is 24.1 Å². The number of hydrogen-bond donors (Lipinski definition) is 2. The first-order chi connectivity index (χ1) is 12.0. The van der Waals surface area contributed by atoms with Gasteiger partial charge in [0.05, 0.1) is 12.6 Å². The summed E-state index contributed by atoms with van der Waals surface area (Å²) in [5.74, 6) is -1.15. The van der Waals surface area contributed by atoms with Gasteiger partial charge < -0.3 is 15.2 Å². The van der Waals surface area contributed by atoms with Gasteiger partial charge in [0.1, 0.15) is 0 Å². The number of nitrogens with one attached hydrogen (secondary N) is 1. The smallest absolute Gasteiger partial charge is 0.303 e. The van der Waals surface area contributed by atoms with Gasteiger partial charge in [-0.2, -0.15) is 0 Å². The highest BCUT2D eigenvalue weighted by Crippen LogP contribution is 2.22. The summed E-state index contributed by atoms with van der Waals surface area (Å²) >= 11 is 5.89. The van der Waals surface area contributed by atoms with Crippen molar-refractivity contribution in [3.63, 3.8) is 0 Å². The zero-order valence-corrected chi connectivity index (χ0v) is 14.6. The zero-order valence-electron chi connectivity index (χ0n) is 13.9. The van der Waals surface area contributed by atoms with Crippen molar-refractivity contribution < 1.29 is 19.4 Å². The van der Waals surface area contributed by atoms with E-state index in [2.05, 4.69) is 5.32 Å². The molecule has 2 aromatic carbocycles. The maximum atomic E-state index is 12.3. The van der Waals surface area contributed by atoms with Crippen LogP contribution >= 0.6 is 11.6 Å². The Hall–Kier alpha value is -2.37. The average Bonchev–Trinajstić information content (AvgIpc) is 2.60.